The maximum Gasteiger partial charge on any atom is 0.178 e. The van der Waals surface area contributed by atoms with Gasteiger partial charge in [-0.25, -0.2) is 0 Å². The number of hydrogen-bond donors (Lipinski definition) is 2. The van der Waals surface area contributed by atoms with Crippen LogP contribution in [0.25, 0.3) is 5.65 Å². The summed E-state index contributed by atoms with van der Waals surface area (Å²) >= 11 is 0. The van der Waals surface area contributed by atoms with E-state index >= 15 is 0 Å². The Morgan fingerprint density at radius 2 is 2.09 bits per heavy atom. The Morgan fingerprint density at radius 3 is 2.78 bits per heavy atom. The molecule has 1 saturated carbocycles. The van der Waals surface area contributed by atoms with Crippen molar-refractivity contribution in [3.05, 3.63) is 18.0 Å². The summed E-state index contributed by atoms with van der Waals surface area (Å²) in [4.78, 5) is 0. The first-order valence-corrected chi connectivity index (χ1v) is 8.44. The van der Waals surface area contributed by atoms with Crippen molar-refractivity contribution in [2.24, 2.45) is 5.41 Å². The second-order valence-corrected chi connectivity index (χ2v) is 8.03. The predicted molar refractivity (Wildman–Crippen MR) is 90.6 cm³/mol. The zero-order valence-electron chi connectivity index (χ0n) is 14.5. The van der Waals surface area contributed by atoms with Crippen LogP contribution in [-0.4, -0.2) is 37.6 Å². The van der Waals surface area contributed by atoms with Gasteiger partial charge in [0.25, 0.3) is 0 Å². The molecule has 0 aromatic carbocycles. The molecule has 1 aliphatic carbocycles. The lowest BCUT2D eigenvalue weighted by atomic mass is 9.73. The number of rotatable bonds is 3. The molecule has 0 amide bonds. The molecule has 0 radical (unpaired) electrons. The number of nitrogens with one attached hydrogen (secondary N) is 1. The fourth-order valence-corrected chi connectivity index (χ4v) is 3.23. The van der Waals surface area contributed by atoms with Crippen molar-refractivity contribution in [3.63, 3.8) is 0 Å². The average molecular weight is 317 g/mol. The van der Waals surface area contributed by atoms with Gasteiger partial charge < -0.3 is 10.4 Å². The predicted octanol–water partition coefficient (Wildman–Crippen LogP) is 2.77. The topological polar surface area (TPSA) is 75.3 Å². The zero-order chi connectivity index (χ0) is 16.7. The lowest BCUT2D eigenvalue weighted by molar-refractivity contribution is 0.00957. The Kier molecular flexibility index (Phi) is 4.04. The first-order chi connectivity index (χ1) is 10.8. The highest BCUT2D eigenvalue weighted by molar-refractivity contribution is 5.44. The molecule has 6 heteroatoms. The van der Waals surface area contributed by atoms with Crippen molar-refractivity contribution in [1.29, 1.82) is 0 Å². The molecule has 0 aliphatic heterocycles. The molecule has 0 saturated heterocycles. The smallest absolute Gasteiger partial charge is 0.178 e. The standard InChI is InChI=1S/C17H27N5O/c1-16(2,3)15-20-19-14-9-8-13(21-22(14)15)18-11-17(4)10-6-5-7-12(17)23/h8-9,12,23H,5-7,10-11H2,1-4H3,(H,18,21). The lowest BCUT2D eigenvalue weighted by Gasteiger charge is -2.38. The molecule has 6 nitrogen and oxygen atoms in total. The molecule has 2 aromatic heterocycles. The minimum absolute atomic E-state index is 0.0884. The molecular weight excluding hydrogens is 290 g/mol. The minimum Gasteiger partial charge on any atom is -0.392 e. The summed E-state index contributed by atoms with van der Waals surface area (Å²) < 4.78 is 1.81. The Balaban J connectivity index is 1.81. The minimum atomic E-state index is -0.243. The van der Waals surface area contributed by atoms with Crippen LogP contribution in [0.4, 0.5) is 5.82 Å². The Labute approximate surface area is 137 Å². The van der Waals surface area contributed by atoms with E-state index in [4.69, 9.17) is 0 Å². The molecule has 126 valence electrons. The lowest BCUT2D eigenvalue weighted by Crippen LogP contribution is -2.41. The maximum atomic E-state index is 10.3. The van der Waals surface area contributed by atoms with Gasteiger partial charge >= 0.3 is 0 Å². The quantitative estimate of drug-likeness (QED) is 0.910. The van der Waals surface area contributed by atoms with Gasteiger partial charge in [-0.05, 0) is 25.0 Å². The fourth-order valence-electron chi connectivity index (χ4n) is 3.23. The Bertz CT molecular complexity index is 690. The summed E-state index contributed by atoms with van der Waals surface area (Å²) in [5, 5.41) is 26.8. The summed E-state index contributed by atoms with van der Waals surface area (Å²) in [6.07, 6.45) is 4.00. The summed E-state index contributed by atoms with van der Waals surface area (Å²) in [5.41, 5.74) is 0.551. The Morgan fingerprint density at radius 1 is 1.30 bits per heavy atom. The monoisotopic (exact) mass is 317 g/mol. The van der Waals surface area contributed by atoms with Crippen molar-refractivity contribution >= 4 is 11.5 Å². The van der Waals surface area contributed by atoms with Crippen LogP contribution in [0, 0.1) is 5.41 Å². The second kappa shape index (κ2) is 5.74. The fraction of sp³-hybridized carbons (Fsp3) is 0.706. The molecule has 1 aliphatic rings. The molecule has 0 bridgehead atoms. The van der Waals surface area contributed by atoms with E-state index in [-0.39, 0.29) is 16.9 Å². The van der Waals surface area contributed by atoms with E-state index in [1.165, 1.54) is 6.42 Å². The van der Waals surface area contributed by atoms with Gasteiger partial charge in [-0.1, -0.05) is 40.5 Å². The third-order valence-electron chi connectivity index (χ3n) is 4.89. The van der Waals surface area contributed by atoms with Gasteiger partial charge in [0, 0.05) is 17.4 Å². The van der Waals surface area contributed by atoms with Crippen molar-refractivity contribution < 1.29 is 5.11 Å². The van der Waals surface area contributed by atoms with Gasteiger partial charge in [-0.3, -0.25) is 0 Å². The normalized spacial score (nSPS) is 25.7. The maximum absolute atomic E-state index is 10.3. The third-order valence-corrected chi connectivity index (χ3v) is 4.89. The molecule has 3 rings (SSSR count). The van der Waals surface area contributed by atoms with Crippen LogP contribution in [0.5, 0.6) is 0 Å². The van der Waals surface area contributed by atoms with Crippen molar-refractivity contribution in [2.45, 2.75) is 64.9 Å². The first-order valence-electron chi connectivity index (χ1n) is 8.44. The molecule has 2 aromatic rings. The van der Waals surface area contributed by atoms with Gasteiger partial charge in [0.2, 0.25) is 0 Å². The van der Waals surface area contributed by atoms with Crippen molar-refractivity contribution in [1.82, 2.24) is 19.8 Å². The largest absolute Gasteiger partial charge is 0.392 e. The van der Waals surface area contributed by atoms with Crippen molar-refractivity contribution in [2.75, 3.05) is 11.9 Å². The van der Waals surface area contributed by atoms with Gasteiger partial charge in [-0.2, -0.15) is 4.52 Å². The van der Waals surface area contributed by atoms with Gasteiger partial charge in [0.1, 0.15) is 5.82 Å². The molecule has 2 atom stereocenters. The summed E-state index contributed by atoms with van der Waals surface area (Å²) in [6, 6.07) is 3.85. The van der Waals surface area contributed by atoms with E-state index in [0.29, 0.717) is 0 Å². The van der Waals surface area contributed by atoms with Crippen LogP contribution in [0.3, 0.4) is 0 Å². The number of anilines is 1. The third kappa shape index (κ3) is 3.17. The summed E-state index contributed by atoms with van der Waals surface area (Å²) in [5.74, 6) is 1.64. The second-order valence-electron chi connectivity index (χ2n) is 8.03. The van der Waals surface area contributed by atoms with E-state index in [0.717, 1.165) is 43.1 Å². The molecule has 1 fully saturated rings. The molecular formula is C17H27N5O. The number of aromatic nitrogens is 4. The van der Waals surface area contributed by atoms with Gasteiger partial charge in [-0.15, -0.1) is 15.3 Å². The molecule has 0 spiro atoms. The number of hydrogen-bond acceptors (Lipinski definition) is 5. The molecule has 2 heterocycles. The summed E-state index contributed by atoms with van der Waals surface area (Å²) in [7, 11) is 0. The highest BCUT2D eigenvalue weighted by Gasteiger charge is 2.35. The van der Waals surface area contributed by atoms with Crippen molar-refractivity contribution in [3.8, 4) is 0 Å². The van der Waals surface area contributed by atoms with E-state index in [2.05, 4.69) is 48.3 Å². The van der Waals surface area contributed by atoms with Gasteiger partial charge in [0.15, 0.2) is 11.5 Å². The number of fused-ring (bicyclic) bond motifs is 1. The Hall–Kier alpha value is -1.69. The van der Waals surface area contributed by atoms with Crippen LogP contribution in [0.1, 0.15) is 59.2 Å². The number of aliphatic hydroxyl groups excluding tert-OH is 1. The van der Waals surface area contributed by atoms with Crippen LogP contribution in [-0.2, 0) is 5.41 Å². The molecule has 2 unspecified atom stereocenters. The van der Waals surface area contributed by atoms with E-state index in [9.17, 15) is 5.11 Å². The molecule has 23 heavy (non-hydrogen) atoms. The first kappa shape index (κ1) is 16.2. The van der Waals surface area contributed by atoms with Gasteiger partial charge in [0.05, 0.1) is 6.10 Å². The number of nitrogens with zero attached hydrogens (tertiary/aromatic N) is 4. The highest BCUT2D eigenvalue weighted by Crippen LogP contribution is 2.36. The van der Waals surface area contributed by atoms with E-state index < -0.39 is 0 Å². The van der Waals surface area contributed by atoms with Crippen LogP contribution >= 0.6 is 0 Å². The van der Waals surface area contributed by atoms with E-state index in [1.54, 1.807) is 0 Å². The number of aliphatic hydroxyl groups is 1. The van der Waals surface area contributed by atoms with Crippen LogP contribution < -0.4 is 5.32 Å². The average Bonchev–Trinajstić information content (AvgIpc) is 2.92. The summed E-state index contributed by atoms with van der Waals surface area (Å²) in [6.45, 7) is 9.18. The zero-order valence-corrected chi connectivity index (χ0v) is 14.5. The van der Waals surface area contributed by atoms with E-state index in [1.807, 2.05) is 16.6 Å². The highest BCUT2D eigenvalue weighted by atomic mass is 16.3. The van der Waals surface area contributed by atoms with Crippen LogP contribution in [0.2, 0.25) is 0 Å². The molecule has 2 N–H and O–H groups in total. The van der Waals surface area contributed by atoms with Crippen LogP contribution in [0.15, 0.2) is 12.1 Å². The SMILES string of the molecule is CC(C)(C)c1nnc2ccc(NCC3(C)CCCCC3O)nn12.